The summed E-state index contributed by atoms with van der Waals surface area (Å²) in [6, 6.07) is 9.85. The number of hydrogen-bond acceptors (Lipinski definition) is 7. The quantitative estimate of drug-likeness (QED) is 0.611. The van der Waals surface area contributed by atoms with Crippen LogP contribution in [0.1, 0.15) is 36.7 Å². The molecule has 0 atom stereocenters. The number of carbonyl (C=O) groups excluding carboxylic acids is 2. The van der Waals surface area contributed by atoms with Crippen molar-refractivity contribution in [3.05, 3.63) is 63.7 Å². The van der Waals surface area contributed by atoms with Crippen LogP contribution in [0.15, 0.2) is 45.8 Å². The SMILES string of the molecule is CC(=O)OCC(=O)N1CCC(COc2coc(CN3Cc4ccccc4C3)cc2=O)CC1. The van der Waals surface area contributed by atoms with Crippen LogP contribution in [0.3, 0.4) is 0 Å². The van der Waals surface area contributed by atoms with Gasteiger partial charge in [-0.3, -0.25) is 19.3 Å². The van der Waals surface area contributed by atoms with Gasteiger partial charge in [0.15, 0.2) is 6.61 Å². The normalized spacial score (nSPS) is 16.6. The molecule has 3 heterocycles. The van der Waals surface area contributed by atoms with Gasteiger partial charge in [0.05, 0.1) is 13.2 Å². The second kappa shape index (κ2) is 9.99. The summed E-state index contributed by atoms with van der Waals surface area (Å²) in [6.07, 6.45) is 2.94. The molecule has 0 aliphatic carbocycles. The van der Waals surface area contributed by atoms with Gasteiger partial charge in [-0.1, -0.05) is 24.3 Å². The van der Waals surface area contributed by atoms with Gasteiger partial charge in [0.1, 0.15) is 12.0 Å². The number of esters is 1. The molecule has 1 saturated heterocycles. The number of piperidine rings is 1. The zero-order valence-electron chi connectivity index (χ0n) is 18.2. The van der Waals surface area contributed by atoms with Crippen molar-refractivity contribution in [2.75, 3.05) is 26.3 Å². The molecule has 2 aromatic rings. The lowest BCUT2D eigenvalue weighted by Crippen LogP contribution is -2.41. The lowest BCUT2D eigenvalue weighted by atomic mass is 9.98. The van der Waals surface area contributed by atoms with Crippen LogP contribution in [0.25, 0.3) is 0 Å². The van der Waals surface area contributed by atoms with E-state index in [9.17, 15) is 14.4 Å². The highest BCUT2D eigenvalue weighted by Crippen LogP contribution is 2.24. The van der Waals surface area contributed by atoms with Gasteiger partial charge in [0, 0.05) is 39.2 Å². The highest BCUT2D eigenvalue weighted by atomic mass is 16.5. The third-order valence-electron chi connectivity index (χ3n) is 5.98. The first kappa shape index (κ1) is 22.1. The average Bonchev–Trinajstić information content (AvgIpc) is 3.19. The molecule has 0 unspecified atom stereocenters. The molecule has 1 aromatic heterocycles. The Kier molecular flexibility index (Phi) is 6.90. The first-order valence-corrected chi connectivity index (χ1v) is 10.9. The van der Waals surface area contributed by atoms with Crippen LogP contribution >= 0.6 is 0 Å². The fourth-order valence-electron chi connectivity index (χ4n) is 4.17. The van der Waals surface area contributed by atoms with Crippen LogP contribution in [0.5, 0.6) is 5.75 Å². The van der Waals surface area contributed by atoms with E-state index >= 15 is 0 Å². The van der Waals surface area contributed by atoms with Crippen molar-refractivity contribution in [3.8, 4) is 5.75 Å². The largest absolute Gasteiger partial charge is 0.486 e. The van der Waals surface area contributed by atoms with E-state index in [0.29, 0.717) is 32.0 Å². The molecule has 4 rings (SSSR count). The molecule has 0 bridgehead atoms. The van der Waals surface area contributed by atoms with E-state index in [1.54, 1.807) is 4.90 Å². The van der Waals surface area contributed by atoms with E-state index in [1.165, 1.54) is 30.4 Å². The van der Waals surface area contributed by atoms with Gasteiger partial charge in [0.2, 0.25) is 11.2 Å². The van der Waals surface area contributed by atoms with Crippen LogP contribution in [-0.2, 0) is 34.0 Å². The zero-order chi connectivity index (χ0) is 22.5. The first-order valence-electron chi connectivity index (χ1n) is 10.9. The van der Waals surface area contributed by atoms with E-state index in [1.807, 2.05) is 12.1 Å². The van der Waals surface area contributed by atoms with Crippen LogP contribution in [-0.4, -0.2) is 48.0 Å². The standard InChI is InChI=1S/C24H28N2O6/c1-17(27)30-16-24(29)26-8-6-18(7-9-26)14-32-23-15-31-21(10-22(23)28)13-25-11-19-4-2-3-5-20(19)12-25/h2-5,10,15,18H,6-9,11-14,16H2,1H3. The van der Waals surface area contributed by atoms with Gasteiger partial charge in [0.25, 0.3) is 5.91 Å². The Bertz CT molecular complexity index is 1000. The first-order chi connectivity index (χ1) is 15.5. The summed E-state index contributed by atoms with van der Waals surface area (Å²) in [5, 5.41) is 0. The predicted octanol–water partition coefficient (Wildman–Crippen LogP) is 2.34. The molecule has 0 saturated carbocycles. The topological polar surface area (TPSA) is 89.3 Å². The van der Waals surface area contributed by atoms with E-state index in [-0.39, 0.29) is 29.6 Å². The highest BCUT2D eigenvalue weighted by Gasteiger charge is 2.24. The Labute approximate surface area is 186 Å². The molecule has 8 heteroatoms. The fourth-order valence-corrected chi connectivity index (χ4v) is 4.17. The number of likely N-dealkylation sites (tertiary alicyclic amines) is 1. The summed E-state index contributed by atoms with van der Waals surface area (Å²) in [4.78, 5) is 39.3. The predicted molar refractivity (Wildman–Crippen MR) is 116 cm³/mol. The number of fused-ring (bicyclic) bond motifs is 1. The summed E-state index contributed by atoms with van der Waals surface area (Å²) in [5.41, 5.74) is 2.44. The summed E-state index contributed by atoms with van der Waals surface area (Å²) < 4.78 is 16.2. The van der Waals surface area contributed by atoms with E-state index in [4.69, 9.17) is 13.9 Å². The van der Waals surface area contributed by atoms with Gasteiger partial charge in [-0.05, 0) is 29.9 Å². The van der Waals surface area contributed by atoms with Gasteiger partial charge in [-0.25, -0.2) is 0 Å². The number of carbonyl (C=O) groups is 2. The van der Waals surface area contributed by atoms with Gasteiger partial charge < -0.3 is 18.8 Å². The van der Waals surface area contributed by atoms with Crippen molar-refractivity contribution in [3.63, 3.8) is 0 Å². The Morgan fingerprint density at radius 2 is 1.81 bits per heavy atom. The summed E-state index contributed by atoms with van der Waals surface area (Å²) >= 11 is 0. The number of rotatable bonds is 7. The second-order valence-electron chi connectivity index (χ2n) is 8.40. The monoisotopic (exact) mass is 440 g/mol. The van der Waals surface area contributed by atoms with E-state index in [0.717, 1.165) is 25.9 Å². The van der Waals surface area contributed by atoms with Gasteiger partial charge in [-0.15, -0.1) is 0 Å². The third-order valence-corrected chi connectivity index (χ3v) is 5.98. The van der Waals surface area contributed by atoms with Crippen molar-refractivity contribution >= 4 is 11.9 Å². The maximum atomic E-state index is 12.5. The van der Waals surface area contributed by atoms with Gasteiger partial charge in [-0.2, -0.15) is 0 Å². The maximum Gasteiger partial charge on any atom is 0.303 e. The molecule has 0 N–H and O–H groups in total. The molecule has 8 nitrogen and oxygen atoms in total. The summed E-state index contributed by atoms with van der Waals surface area (Å²) in [5.74, 6) is 0.436. The van der Waals surface area contributed by atoms with Gasteiger partial charge >= 0.3 is 5.97 Å². The molecule has 2 aliphatic heterocycles. The van der Waals surface area contributed by atoms with E-state index in [2.05, 4.69) is 17.0 Å². The van der Waals surface area contributed by atoms with E-state index < -0.39 is 5.97 Å². The molecule has 1 aromatic carbocycles. The maximum absolute atomic E-state index is 12.5. The molecule has 32 heavy (non-hydrogen) atoms. The lowest BCUT2D eigenvalue weighted by Gasteiger charge is -2.31. The molecule has 1 fully saturated rings. The van der Waals surface area contributed by atoms with Crippen LogP contribution in [0, 0.1) is 5.92 Å². The number of ether oxygens (including phenoxy) is 2. The van der Waals surface area contributed by atoms with Crippen molar-refractivity contribution < 1.29 is 23.5 Å². The summed E-state index contributed by atoms with van der Waals surface area (Å²) in [7, 11) is 0. The smallest absolute Gasteiger partial charge is 0.303 e. The van der Waals surface area contributed by atoms with Crippen molar-refractivity contribution in [2.24, 2.45) is 5.92 Å². The van der Waals surface area contributed by atoms with Crippen LogP contribution in [0.2, 0.25) is 0 Å². The summed E-state index contributed by atoms with van der Waals surface area (Å²) in [6.45, 7) is 4.90. The average molecular weight is 440 g/mol. The molecule has 170 valence electrons. The van der Waals surface area contributed by atoms with Crippen LogP contribution < -0.4 is 10.2 Å². The molecular formula is C24H28N2O6. The molecule has 0 radical (unpaired) electrons. The third kappa shape index (κ3) is 5.56. The minimum Gasteiger partial charge on any atom is -0.486 e. The Morgan fingerprint density at radius 3 is 2.44 bits per heavy atom. The van der Waals surface area contributed by atoms with Crippen LogP contribution in [0.4, 0.5) is 0 Å². The number of benzene rings is 1. The van der Waals surface area contributed by atoms with Crippen molar-refractivity contribution in [1.82, 2.24) is 9.80 Å². The molecule has 0 spiro atoms. The van der Waals surface area contributed by atoms with Crippen molar-refractivity contribution in [1.29, 1.82) is 0 Å². The number of amides is 1. The number of nitrogens with zero attached hydrogens (tertiary/aromatic N) is 2. The molecular weight excluding hydrogens is 412 g/mol. The molecule has 1 amide bonds. The molecule has 2 aliphatic rings. The second-order valence-corrected chi connectivity index (χ2v) is 8.40. The number of hydrogen-bond donors (Lipinski definition) is 0. The fraction of sp³-hybridized carbons (Fsp3) is 0.458. The van der Waals surface area contributed by atoms with Crippen molar-refractivity contribution in [2.45, 2.75) is 39.4 Å². The lowest BCUT2D eigenvalue weighted by molar-refractivity contribution is -0.150. The Morgan fingerprint density at radius 1 is 1.12 bits per heavy atom. The highest BCUT2D eigenvalue weighted by molar-refractivity contribution is 5.80. The minimum absolute atomic E-state index is 0.183. The Balaban J connectivity index is 1.22. The minimum atomic E-state index is -0.461. The zero-order valence-corrected chi connectivity index (χ0v) is 18.2. The Hall–Kier alpha value is -3.13.